The van der Waals surface area contributed by atoms with Crippen LogP contribution in [0.1, 0.15) is 31.1 Å². The average Bonchev–Trinajstić information content (AvgIpc) is 2.41. The molecular formula is C17H17Cl2NO2. The highest BCUT2D eigenvalue weighted by Crippen LogP contribution is 2.28. The van der Waals surface area contributed by atoms with Gasteiger partial charge in [0.05, 0.1) is 21.3 Å². The van der Waals surface area contributed by atoms with Crippen molar-refractivity contribution in [2.24, 2.45) is 0 Å². The Kier molecular flexibility index (Phi) is 4.99. The number of rotatable bonds is 3. The van der Waals surface area contributed by atoms with Crippen LogP contribution in [0.3, 0.4) is 0 Å². The van der Waals surface area contributed by atoms with E-state index in [0.29, 0.717) is 21.3 Å². The number of para-hydroxylation sites is 1. The number of carbonyl (C=O) groups is 1. The van der Waals surface area contributed by atoms with E-state index in [2.05, 4.69) is 5.32 Å². The molecule has 0 aromatic heterocycles. The van der Waals surface area contributed by atoms with Gasteiger partial charge in [-0.25, -0.2) is 4.79 Å². The van der Waals surface area contributed by atoms with Gasteiger partial charge in [0.15, 0.2) is 0 Å². The third-order valence-electron chi connectivity index (χ3n) is 2.74. The van der Waals surface area contributed by atoms with Crippen molar-refractivity contribution in [3.8, 4) is 0 Å². The first-order valence-electron chi connectivity index (χ1n) is 6.81. The van der Waals surface area contributed by atoms with E-state index in [1.165, 1.54) is 0 Å². The van der Waals surface area contributed by atoms with Gasteiger partial charge in [-0.2, -0.15) is 0 Å². The van der Waals surface area contributed by atoms with Crippen LogP contribution in [0.2, 0.25) is 10.0 Å². The molecule has 0 atom stereocenters. The Labute approximate surface area is 140 Å². The molecule has 0 saturated heterocycles. The van der Waals surface area contributed by atoms with Gasteiger partial charge >= 0.3 is 5.97 Å². The summed E-state index contributed by atoms with van der Waals surface area (Å²) in [6, 6.07) is 12.3. The van der Waals surface area contributed by atoms with Crippen LogP contribution in [-0.4, -0.2) is 11.6 Å². The smallest absolute Gasteiger partial charge is 0.340 e. The summed E-state index contributed by atoms with van der Waals surface area (Å²) in [5, 5.41) is 4.09. The lowest BCUT2D eigenvalue weighted by Crippen LogP contribution is -2.24. The van der Waals surface area contributed by atoms with Crippen LogP contribution in [0.25, 0.3) is 0 Å². The van der Waals surface area contributed by atoms with Gasteiger partial charge in [0.2, 0.25) is 0 Å². The highest BCUT2D eigenvalue weighted by molar-refractivity contribution is 6.42. The molecule has 5 heteroatoms. The summed E-state index contributed by atoms with van der Waals surface area (Å²) in [5.74, 6) is -0.379. The highest BCUT2D eigenvalue weighted by Gasteiger charge is 2.20. The van der Waals surface area contributed by atoms with Crippen molar-refractivity contribution in [3.05, 3.63) is 58.1 Å². The molecule has 0 radical (unpaired) electrons. The summed E-state index contributed by atoms with van der Waals surface area (Å²) in [4.78, 5) is 12.3. The maximum atomic E-state index is 12.3. The topological polar surface area (TPSA) is 38.3 Å². The van der Waals surface area contributed by atoms with Crippen LogP contribution < -0.4 is 5.32 Å². The summed E-state index contributed by atoms with van der Waals surface area (Å²) in [6.45, 7) is 5.50. The van der Waals surface area contributed by atoms with E-state index in [9.17, 15) is 4.79 Å². The number of esters is 1. The molecule has 3 nitrogen and oxygen atoms in total. The molecule has 0 aliphatic heterocycles. The molecule has 22 heavy (non-hydrogen) atoms. The quantitative estimate of drug-likeness (QED) is 0.731. The molecule has 0 heterocycles. The van der Waals surface area contributed by atoms with Crippen LogP contribution in [0, 0.1) is 0 Å². The average molecular weight is 338 g/mol. The molecule has 0 saturated carbocycles. The molecule has 0 spiro atoms. The van der Waals surface area contributed by atoms with Crippen LogP contribution in [-0.2, 0) is 4.74 Å². The third-order valence-corrected chi connectivity index (χ3v) is 3.48. The van der Waals surface area contributed by atoms with E-state index in [1.807, 2.05) is 32.9 Å². The Hall–Kier alpha value is -1.71. The molecule has 0 aliphatic carbocycles. The first-order chi connectivity index (χ1) is 10.3. The molecule has 1 N–H and O–H groups in total. The van der Waals surface area contributed by atoms with Crippen LogP contribution >= 0.6 is 23.2 Å². The fourth-order valence-electron chi connectivity index (χ4n) is 1.83. The largest absolute Gasteiger partial charge is 0.456 e. The molecule has 2 aromatic carbocycles. The van der Waals surface area contributed by atoms with Crippen molar-refractivity contribution in [2.75, 3.05) is 5.32 Å². The monoisotopic (exact) mass is 337 g/mol. The summed E-state index contributed by atoms with van der Waals surface area (Å²) >= 11 is 11.9. The van der Waals surface area contributed by atoms with Gasteiger partial charge in [-0.05, 0) is 51.1 Å². The van der Waals surface area contributed by atoms with Crippen molar-refractivity contribution in [1.82, 2.24) is 0 Å². The summed E-state index contributed by atoms with van der Waals surface area (Å²) < 4.78 is 5.42. The fraction of sp³-hybridized carbons (Fsp3) is 0.235. The summed E-state index contributed by atoms with van der Waals surface area (Å²) in [6.07, 6.45) is 0. The van der Waals surface area contributed by atoms with Crippen LogP contribution in [0.15, 0.2) is 42.5 Å². The number of anilines is 2. The van der Waals surface area contributed by atoms with E-state index in [0.717, 1.165) is 5.69 Å². The Morgan fingerprint density at radius 2 is 1.73 bits per heavy atom. The molecule has 116 valence electrons. The SMILES string of the molecule is CC(C)(C)OC(=O)c1ccccc1Nc1ccc(Cl)c(Cl)c1. The van der Waals surface area contributed by atoms with E-state index >= 15 is 0 Å². The highest BCUT2D eigenvalue weighted by atomic mass is 35.5. The normalized spacial score (nSPS) is 11.1. The first kappa shape index (κ1) is 16.7. The minimum Gasteiger partial charge on any atom is -0.456 e. The second-order valence-electron chi connectivity index (χ2n) is 5.80. The van der Waals surface area contributed by atoms with Gasteiger partial charge in [-0.3, -0.25) is 0 Å². The number of ether oxygens (including phenoxy) is 1. The number of benzene rings is 2. The lowest BCUT2D eigenvalue weighted by atomic mass is 10.1. The molecule has 0 bridgehead atoms. The Bertz CT molecular complexity index is 693. The van der Waals surface area contributed by atoms with Crippen molar-refractivity contribution < 1.29 is 9.53 Å². The zero-order chi connectivity index (χ0) is 16.3. The van der Waals surface area contributed by atoms with Gasteiger partial charge in [-0.1, -0.05) is 35.3 Å². The second kappa shape index (κ2) is 6.59. The van der Waals surface area contributed by atoms with Crippen LogP contribution in [0.5, 0.6) is 0 Å². The standard InChI is InChI=1S/C17H17Cl2NO2/c1-17(2,3)22-16(21)12-6-4-5-7-15(12)20-11-8-9-13(18)14(19)10-11/h4-10,20H,1-3H3. The minimum atomic E-state index is -0.548. The molecule has 2 rings (SSSR count). The summed E-state index contributed by atoms with van der Waals surface area (Å²) in [5.41, 5.74) is 1.30. The van der Waals surface area contributed by atoms with E-state index < -0.39 is 5.60 Å². The Morgan fingerprint density at radius 3 is 2.36 bits per heavy atom. The lowest BCUT2D eigenvalue weighted by Gasteiger charge is -2.20. The maximum Gasteiger partial charge on any atom is 0.340 e. The second-order valence-corrected chi connectivity index (χ2v) is 6.62. The zero-order valence-electron chi connectivity index (χ0n) is 12.6. The third kappa shape index (κ3) is 4.39. The fourth-order valence-corrected chi connectivity index (χ4v) is 2.13. The van der Waals surface area contributed by atoms with Gasteiger partial charge in [0.25, 0.3) is 0 Å². The van der Waals surface area contributed by atoms with Gasteiger partial charge in [0, 0.05) is 5.69 Å². The van der Waals surface area contributed by atoms with Gasteiger partial charge < -0.3 is 10.1 Å². The Balaban J connectivity index is 2.28. The summed E-state index contributed by atoms with van der Waals surface area (Å²) in [7, 11) is 0. The van der Waals surface area contributed by atoms with Gasteiger partial charge in [-0.15, -0.1) is 0 Å². The number of hydrogen-bond acceptors (Lipinski definition) is 3. The predicted molar refractivity (Wildman–Crippen MR) is 91.4 cm³/mol. The minimum absolute atomic E-state index is 0.379. The number of carbonyl (C=O) groups excluding carboxylic acids is 1. The maximum absolute atomic E-state index is 12.3. The molecular weight excluding hydrogens is 321 g/mol. The zero-order valence-corrected chi connectivity index (χ0v) is 14.1. The molecule has 0 unspecified atom stereocenters. The van der Waals surface area contributed by atoms with Crippen LogP contribution in [0.4, 0.5) is 11.4 Å². The van der Waals surface area contributed by atoms with Crippen molar-refractivity contribution in [1.29, 1.82) is 0 Å². The number of hydrogen-bond donors (Lipinski definition) is 1. The van der Waals surface area contributed by atoms with E-state index in [1.54, 1.807) is 30.3 Å². The van der Waals surface area contributed by atoms with E-state index in [-0.39, 0.29) is 5.97 Å². The molecule has 0 fully saturated rings. The number of nitrogens with one attached hydrogen (secondary N) is 1. The van der Waals surface area contributed by atoms with Gasteiger partial charge in [0.1, 0.15) is 5.60 Å². The van der Waals surface area contributed by atoms with Crippen molar-refractivity contribution in [3.63, 3.8) is 0 Å². The lowest BCUT2D eigenvalue weighted by molar-refractivity contribution is 0.00708. The molecule has 0 amide bonds. The molecule has 0 aliphatic rings. The van der Waals surface area contributed by atoms with Crippen molar-refractivity contribution in [2.45, 2.75) is 26.4 Å². The predicted octanol–water partition coefficient (Wildman–Crippen LogP) is 5.69. The first-order valence-corrected chi connectivity index (χ1v) is 7.56. The number of halogens is 2. The van der Waals surface area contributed by atoms with Crippen molar-refractivity contribution >= 4 is 40.5 Å². The van der Waals surface area contributed by atoms with E-state index in [4.69, 9.17) is 27.9 Å². The Morgan fingerprint density at radius 1 is 1.05 bits per heavy atom. The molecule has 2 aromatic rings.